The molecule has 0 atom stereocenters. The quantitative estimate of drug-likeness (QED) is 0.667. The van der Waals surface area contributed by atoms with Crippen molar-refractivity contribution in [2.45, 2.75) is 0 Å². The lowest BCUT2D eigenvalue weighted by molar-refractivity contribution is 1.22. The Morgan fingerprint density at radius 1 is 1.06 bits per heavy atom. The van der Waals surface area contributed by atoms with E-state index in [4.69, 9.17) is 5.26 Å². The highest BCUT2D eigenvalue weighted by Gasteiger charge is 2.30. The van der Waals surface area contributed by atoms with E-state index >= 15 is 0 Å². The van der Waals surface area contributed by atoms with Crippen LogP contribution >= 0.6 is 0 Å². The Labute approximate surface area is 98.5 Å². The molecule has 1 aliphatic heterocycles. The average molecular weight is 216 g/mol. The second-order valence-corrected chi connectivity index (χ2v) is 4.34. The van der Waals surface area contributed by atoms with Gasteiger partial charge in [-0.2, -0.15) is 5.26 Å². The lowest BCUT2D eigenvalue weighted by Gasteiger charge is -2.00. The maximum Gasteiger partial charge on any atom is 0.0974 e. The van der Waals surface area contributed by atoms with Crippen molar-refractivity contribution in [2.24, 2.45) is 4.99 Å². The van der Waals surface area contributed by atoms with Gasteiger partial charge in [0.1, 0.15) is 0 Å². The molecule has 17 heavy (non-hydrogen) atoms. The van der Waals surface area contributed by atoms with Gasteiger partial charge < -0.3 is 0 Å². The monoisotopic (exact) mass is 216 g/mol. The van der Waals surface area contributed by atoms with Gasteiger partial charge in [0.25, 0.3) is 0 Å². The van der Waals surface area contributed by atoms with Crippen LogP contribution in [-0.2, 0) is 0 Å². The lowest BCUT2D eigenvalue weighted by Crippen LogP contribution is -1.92. The van der Waals surface area contributed by atoms with Gasteiger partial charge in [0.15, 0.2) is 0 Å². The zero-order chi connectivity index (χ0) is 11.4. The Morgan fingerprint density at radius 2 is 1.82 bits per heavy atom. The molecule has 0 bridgehead atoms. The van der Waals surface area contributed by atoms with E-state index in [1.54, 1.807) is 0 Å². The molecule has 2 nitrogen and oxygen atoms in total. The molecule has 0 N–H and O–H groups in total. The fraction of sp³-hybridized carbons (Fsp3) is 0.0667. The van der Waals surface area contributed by atoms with Crippen LogP contribution in [0.4, 0.5) is 0 Å². The Bertz CT molecular complexity index is 768. The van der Waals surface area contributed by atoms with Crippen LogP contribution in [0.1, 0.15) is 11.1 Å². The zero-order valence-corrected chi connectivity index (χ0v) is 9.07. The largest absolute Gasteiger partial charge is 0.278 e. The predicted molar refractivity (Wildman–Crippen MR) is 67.9 cm³/mol. The van der Waals surface area contributed by atoms with E-state index in [0.29, 0.717) is 6.54 Å². The van der Waals surface area contributed by atoms with Crippen molar-refractivity contribution in [3.63, 3.8) is 0 Å². The third-order valence-electron chi connectivity index (χ3n) is 3.50. The van der Waals surface area contributed by atoms with Crippen molar-refractivity contribution in [3.8, 4) is 6.07 Å². The minimum absolute atomic E-state index is 0.534. The number of nitriles is 1. The summed E-state index contributed by atoms with van der Waals surface area (Å²) in [5, 5.41) is 11.6. The standard InChI is InChI=1S/C15H8N2/c16-7-10-8-17-15-12-6-2-4-9-3-1-5-11(13(9)12)14(10)15/h1-6H,8H2. The number of rotatable bonds is 0. The molecule has 2 heteroatoms. The first-order chi connectivity index (χ1) is 8.40. The fourth-order valence-corrected chi connectivity index (χ4v) is 2.81. The molecule has 1 heterocycles. The van der Waals surface area contributed by atoms with Crippen LogP contribution in [0, 0.1) is 11.3 Å². The molecule has 0 spiro atoms. The third-order valence-corrected chi connectivity index (χ3v) is 3.50. The molecule has 0 aromatic heterocycles. The lowest BCUT2D eigenvalue weighted by atomic mass is 10.0. The molecule has 4 rings (SSSR count). The molecule has 0 radical (unpaired) electrons. The Balaban J connectivity index is 2.25. The molecule has 2 aromatic rings. The van der Waals surface area contributed by atoms with Crippen LogP contribution in [0.5, 0.6) is 0 Å². The molecule has 0 unspecified atom stereocenters. The molecule has 0 saturated heterocycles. The van der Waals surface area contributed by atoms with Crippen LogP contribution in [0.3, 0.4) is 0 Å². The van der Waals surface area contributed by atoms with E-state index in [1.807, 2.05) is 6.07 Å². The summed E-state index contributed by atoms with van der Waals surface area (Å²) in [4.78, 5) is 4.51. The minimum Gasteiger partial charge on any atom is -0.278 e. The number of hydrogen-bond donors (Lipinski definition) is 0. The first kappa shape index (κ1) is 8.72. The van der Waals surface area contributed by atoms with Gasteiger partial charge in [0.2, 0.25) is 0 Å². The van der Waals surface area contributed by atoms with Crippen molar-refractivity contribution in [3.05, 3.63) is 53.1 Å². The molecule has 2 aliphatic rings. The molecule has 0 saturated carbocycles. The predicted octanol–water partition coefficient (Wildman–Crippen LogP) is 2.93. The van der Waals surface area contributed by atoms with E-state index in [-0.39, 0.29) is 0 Å². The van der Waals surface area contributed by atoms with E-state index in [2.05, 4.69) is 41.4 Å². The molecule has 0 amide bonds. The van der Waals surface area contributed by atoms with Crippen molar-refractivity contribution < 1.29 is 0 Å². The summed E-state index contributed by atoms with van der Waals surface area (Å²) in [5.74, 6) is 0. The van der Waals surface area contributed by atoms with Crippen LogP contribution in [0.25, 0.3) is 16.3 Å². The smallest absolute Gasteiger partial charge is 0.0974 e. The minimum atomic E-state index is 0.534. The average Bonchev–Trinajstić information content (AvgIpc) is 2.92. The van der Waals surface area contributed by atoms with Crippen molar-refractivity contribution >= 4 is 22.1 Å². The highest BCUT2D eigenvalue weighted by molar-refractivity contribution is 6.43. The summed E-state index contributed by atoms with van der Waals surface area (Å²) in [6.07, 6.45) is 0. The molecule has 0 fully saturated rings. The topological polar surface area (TPSA) is 36.1 Å². The van der Waals surface area contributed by atoms with Crippen molar-refractivity contribution in [1.29, 1.82) is 5.26 Å². The van der Waals surface area contributed by atoms with Crippen LogP contribution < -0.4 is 0 Å². The first-order valence-electron chi connectivity index (χ1n) is 5.61. The summed E-state index contributed by atoms with van der Waals surface area (Å²) in [6, 6.07) is 14.8. The van der Waals surface area contributed by atoms with Gasteiger partial charge in [-0.05, 0) is 16.3 Å². The number of nitrogens with zero attached hydrogens (tertiary/aromatic N) is 2. The second-order valence-electron chi connectivity index (χ2n) is 4.34. The highest BCUT2D eigenvalue weighted by Crippen LogP contribution is 2.41. The fourth-order valence-electron chi connectivity index (χ4n) is 2.81. The van der Waals surface area contributed by atoms with Gasteiger partial charge >= 0.3 is 0 Å². The maximum atomic E-state index is 9.17. The number of fused-ring (bicyclic) bond motifs is 3. The third kappa shape index (κ3) is 0.920. The molecule has 2 aromatic carbocycles. The van der Waals surface area contributed by atoms with Gasteiger partial charge in [-0.1, -0.05) is 36.4 Å². The summed E-state index contributed by atoms with van der Waals surface area (Å²) >= 11 is 0. The number of hydrogen-bond acceptors (Lipinski definition) is 2. The van der Waals surface area contributed by atoms with Gasteiger partial charge in [-0.15, -0.1) is 0 Å². The summed E-state index contributed by atoms with van der Waals surface area (Å²) < 4.78 is 0. The first-order valence-corrected chi connectivity index (χ1v) is 5.61. The van der Waals surface area contributed by atoms with Crippen LogP contribution in [-0.4, -0.2) is 12.3 Å². The summed E-state index contributed by atoms with van der Waals surface area (Å²) in [6.45, 7) is 0.534. The Morgan fingerprint density at radius 3 is 2.59 bits per heavy atom. The van der Waals surface area contributed by atoms with Crippen molar-refractivity contribution in [1.82, 2.24) is 0 Å². The van der Waals surface area contributed by atoms with Crippen LogP contribution in [0.15, 0.2) is 47.0 Å². The zero-order valence-electron chi connectivity index (χ0n) is 9.07. The van der Waals surface area contributed by atoms with Gasteiger partial charge in [0, 0.05) is 11.1 Å². The van der Waals surface area contributed by atoms with E-state index < -0.39 is 0 Å². The van der Waals surface area contributed by atoms with Gasteiger partial charge in [0.05, 0.1) is 23.9 Å². The van der Waals surface area contributed by atoms with Crippen LogP contribution in [0.2, 0.25) is 0 Å². The van der Waals surface area contributed by atoms with Gasteiger partial charge in [-0.3, -0.25) is 4.99 Å². The van der Waals surface area contributed by atoms with E-state index in [9.17, 15) is 0 Å². The van der Waals surface area contributed by atoms with Gasteiger partial charge in [-0.25, -0.2) is 0 Å². The summed E-state index contributed by atoms with van der Waals surface area (Å²) in [5.41, 5.74) is 5.21. The number of aliphatic imine (C=N–C) groups is 1. The molecule has 78 valence electrons. The van der Waals surface area contributed by atoms with E-state index in [0.717, 1.165) is 16.9 Å². The molecule has 1 aliphatic carbocycles. The number of benzene rings is 2. The number of allylic oxidation sites excluding steroid dienone is 1. The maximum absolute atomic E-state index is 9.17. The summed E-state index contributed by atoms with van der Waals surface area (Å²) in [7, 11) is 0. The highest BCUT2D eigenvalue weighted by atomic mass is 14.8. The molecular weight excluding hydrogens is 208 g/mol. The Hall–Kier alpha value is -2.40. The second kappa shape index (κ2) is 2.83. The SMILES string of the molecule is N#CC1=C2C(=NC1)c1cccc3cccc2c13. The normalized spacial score (nSPS) is 16.1. The van der Waals surface area contributed by atoms with Crippen molar-refractivity contribution in [2.75, 3.05) is 6.54 Å². The Kier molecular flexibility index (Phi) is 1.45. The van der Waals surface area contributed by atoms with E-state index in [1.165, 1.54) is 21.9 Å². The molecular formula is C15H8N2.